The quantitative estimate of drug-likeness (QED) is 0.218. The summed E-state index contributed by atoms with van der Waals surface area (Å²) in [6.45, 7) is 26.3. The highest BCUT2D eigenvalue weighted by Gasteiger charge is 2.37. The molecule has 4 aliphatic heterocycles. The Morgan fingerprint density at radius 2 is 0.943 bits per heavy atom. The molecule has 0 radical (unpaired) electrons. The van der Waals surface area contributed by atoms with Crippen LogP contribution in [0.3, 0.4) is 0 Å². The van der Waals surface area contributed by atoms with Crippen molar-refractivity contribution in [1.82, 2.24) is 45.0 Å². The average Bonchev–Trinajstić information content (AvgIpc) is 3.33. The third kappa shape index (κ3) is 17.1. The topological polar surface area (TPSA) is 175 Å². The fourth-order valence-electron chi connectivity index (χ4n) is 9.86. The first-order chi connectivity index (χ1) is 33.1. The molecule has 0 aromatic heterocycles. The maximum Gasteiger partial charge on any atom is 0.245 e. The minimum atomic E-state index is -1.09. The van der Waals surface area contributed by atoms with Crippen molar-refractivity contribution >= 4 is 52.7 Å². The highest BCUT2D eigenvalue weighted by Crippen LogP contribution is 2.24. The van der Waals surface area contributed by atoms with E-state index in [1.165, 1.54) is 0 Å². The number of nitrogens with one attached hydrogen (secondary N) is 1. The number of carbonyl (C=O) groups is 5. The largest absolute Gasteiger partial charge is 0.343 e. The van der Waals surface area contributed by atoms with E-state index in [1.54, 1.807) is 39.8 Å². The number of hydrogen-bond donors (Lipinski definition) is 3. The highest BCUT2D eigenvalue weighted by atomic mass is 35.5. The second kappa shape index (κ2) is 26.7. The van der Waals surface area contributed by atoms with Crippen LogP contribution in [-0.2, 0) is 36.8 Å². The fraction of sp³-hybridized carbons (Fsp3) is 0.673. The number of hydrogen-bond acceptors (Lipinski definition) is 11. The van der Waals surface area contributed by atoms with Gasteiger partial charge in [-0.25, -0.2) is 20.0 Å². The molecule has 70 heavy (non-hydrogen) atoms. The van der Waals surface area contributed by atoms with Crippen LogP contribution in [0, 0.1) is 11.8 Å². The van der Waals surface area contributed by atoms with Gasteiger partial charge in [-0.3, -0.25) is 24.0 Å². The molecule has 0 spiro atoms. The summed E-state index contributed by atoms with van der Waals surface area (Å²) in [5.74, 6) is 0.924. The van der Waals surface area contributed by atoms with Crippen molar-refractivity contribution in [3.8, 4) is 0 Å². The lowest BCUT2D eigenvalue weighted by molar-refractivity contribution is -0.146. The van der Waals surface area contributed by atoms with E-state index in [1.807, 2.05) is 56.0 Å². The van der Waals surface area contributed by atoms with Crippen LogP contribution in [0.2, 0.25) is 10.0 Å². The first kappa shape index (κ1) is 57.0. The normalized spacial score (nSPS) is 19.1. The summed E-state index contributed by atoms with van der Waals surface area (Å²) in [6.07, 6.45) is 4.79. The van der Waals surface area contributed by atoms with E-state index in [-0.39, 0.29) is 29.5 Å². The van der Waals surface area contributed by atoms with Gasteiger partial charge in [0.25, 0.3) is 0 Å². The minimum Gasteiger partial charge on any atom is -0.343 e. The number of rotatable bonds is 16. The predicted molar refractivity (Wildman–Crippen MR) is 278 cm³/mol. The number of halogens is 2. The molecular formula is C52H83Cl2N11O5. The third-order valence-electron chi connectivity index (χ3n) is 13.9. The van der Waals surface area contributed by atoms with Crippen LogP contribution in [-0.4, -0.2) is 191 Å². The number of piperazine rings is 2. The number of piperidine rings is 2. The molecule has 0 unspecified atom stereocenters. The Balaban J connectivity index is 0.000000265. The maximum absolute atomic E-state index is 13.7. The van der Waals surface area contributed by atoms with E-state index in [9.17, 15) is 24.0 Å². The van der Waals surface area contributed by atoms with Crippen LogP contribution in [0.15, 0.2) is 48.5 Å². The summed E-state index contributed by atoms with van der Waals surface area (Å²) >= 11 is 12.0. The molecule has 0 bridgehead atoms. The number of hydrazine groups is 2. The summed E-state index contributed by atoms with van der Waals surface area (Å²) in [5.41, 5.74) is 13.1. The molecule has 4 heterocycles. The summed E-state index contributed by atoms with van der Waals surface area (Å²) in [5, 5.41) is 14.0. The summed E-state index contributed by atoms with van der Waals surface area (Å²) in [6, 6.07) is 14.4. The van der Waals surface area contributed by atoms with Crippen LogP contribution in [0.5, 0.6) is 0 Å². The monoisotopic (exact) mass is 1010 g/mol. The van der Waals surface area contributed by atoms with Gasteiger partial charge in [-0.05, 0) is 93.2 Å². The van der Waals surface area contributed by atoms with Crippen LogP contribution < -0.4 is 16.8 Å². The Hall–Kier alpha value is -3.87. The third-order valence-corrected chi connectivity index (χ3v) is 14.4. The highest BCUT2D eigenvalue weighted by molar-refractivity contribution is 6.30. The maximum atomic E-state index is 13.7. The number of amides is 5. The Labute approximate surface area is 428 Å². The van der Waals surface area contributed by atoms with Gasteiger partial charge < -0.3 is 36.4 Å². The van der Waals surface area contributed by atoms with Gasteiger partial charge in [-0.1, -0.05) is 75.2 Å². The van der Waals surface area contributed by atoms with E-state index in [2.05, 4.69) is 53.0 Å². The molecule has 18 heteroatoms. The molecule has 4 fully saturated rings. The first-order valence-corrected chi connectivity index (χ1v) is 26.3. The second-order valence-electron chi connectivity index (χ2n) is 21.1. The fourth-order valence-corrected chi connectivity index (χ4v) is 10.1. The van der Waals surface area contributed by atoms with Gasteiger partial charge in [-0.15, -0.1) is 0 Å². The Morgan fingerprint density at radius 1 is 0.586 bits per heavy atom. The lowest BCUT2D eigenvalue weighted by Crippen LogP contribution is -2.62. The summed E-state index contributed by atoms with van der Waals surface area (Å²) < 4.78 is 0. The molecular weight excluding hydrogens is 930 g/mol. The molecule has 6 rings (SSSR count). The zero-order valence-corrected chi connectivity index (χ0v) is 44.8. The van der Waals surface area contributed by atoms with Crippen molar-refractivity contribution in [1.29, 1.82) is 0 Å². The van der Waals surface area contributed by atoms with E-state index in [0.29, 0.717) is 73.0 Å². The van der Waals surface area contributed by atoms with Gasteiger partial charge >= 0.3 is 0 Å². The number of nitrogens with two attached hydrogens (primary N) is 2. The molecule has 4 saturated heterocycles. The van der Waals surface area contributed by atoms with Crippen molar-refractivity contribution in [2.75, 3.05) is 91.6 Å². The van der Waals surface area contributed by atoms with Gasteiger partial charge in [-0.2, -0.15) is 0 Å². The van der Waals surface area contributed by atoms with Crippen molar-refractivity contribution in [2.24, 2.45) is 23.3 Å². The number of carbonyl (C=O) groups excluding carboxylic acids is 5. The van der Waals surface area contributed by atoms with Crippen molar-refractivity contribution in [2.45, 2.75) is 124 Å². The smallest absolute Gasteiger partial charge is 0.245 e. The SMILES string of the molecule is CC(=O)N1CCC(N(CC(C)C)N2CCN(C(=O)[C@@H](Cc3ccc(Cl)cc3)NC(=O)C(C)(C)N)CC2)CC1.CC(=O)N1CCC(N(CC(C)C)N2CCN(C(=O)[C@H](N)Cc3ccc(Cl)cc3)CC2)CC1. The minimum absolute atomic E-state index is 0.0183. The molecule has 2 aromatic rings. The van der Waals surface area contributed by atoms with Gasteiger partial charge in [0.05, 0.1) is 11.6 Å². The average molecular weight is 1010 g/mol. The molecule has 0 saturated carbocycles. The Kier molecular flexibility index (Phi) is 21.8. The van der Waals surface area contributed by atoms with Crippen LogP contribution >= 0.6 is 23.2 Å². The molecule has 2 aromatic carbocycles. The van der Waals surface area contributed by atoms with Gasteiger partial charge in [0.15, 0.2) is 0 Å². The van der Waals surface area contributed by atoms with E-state index < -0.39 is 17.6 Å². The van der Waals surface area contributed by atoms with Crippen LogP contribution in [0.25, 0.3) is 0 Å². The predicted octanol–water partition coefficient (Wildman–Crippen LogP) is 4.37. The first-order valence-electron chi connectivity index (χ1n) is 25.5. The van der Waals surface area contributed by atoms with Gasteiger partial charge in [0.1, 0.15) is 6.04 Å². The second-order valence-corrected chi connectivity index (χ2v) is 22.0. The molecule has 4 aliphatic rings. The molecule has 16 nitrogen and oxygen atoms in total. The van der Waals surface area contributed by atoms with Crippen LogP contribution in [0.4, 0.5) is 0 Å². The van der Waals surface area contributed by atoms with Gasteiger partial charge in [0, 0.05) is 134 Å². The van der Waals surface area contributed by atoms with E-state index in [0.717, 1.165) is 102 Å². The lowest BCUT2D eigenvalue weighted by atomic mass is 10.0. The zero-order chi connectivity index (χ0) is 51.3. The Bertz CT molecular complexity index is 1990. The summed E-state index contributed by atoms with van der Waals surface area (Å²) in [7, 11) is 0. The molecule has 5 amide bonds. The van der Waals surface area contributed by atoms with E-state index in [4.69, 9.17) is 34.7 Å². The molecule has 390 valence electrons. The summed E-state index contributed by atoms with van der Waals surface area (Å²) in [4.78, 5) is 70.4. The number of benzene rings is 2. The number of nitrogens with zero attached hydrogens (tertiary/aromatic N) is 8. The van der Waals surface area contributed by atoms with Crippen LogP contribution in [0.1, 0.15) is 92.2 Å². The Morgan fingerprint density at radius 3 is 1.29 bits per heavy atom. The zero-order valence-electron chi connectivity index (χ0n) is 43.3. The lowest BCUT2D eigenvalue weighted by Gasteiger charge is -2.47. The standard InChI is InChI=1S/C28H45ClN6O3.C24H38ClN5O2/c1-20(2)19-35(24-10-12-32(13-11-24)21(3)36)34-16-14-33(15-17-34)26(37)25(31-27(38)28(4,5)30)18-22-6-8-23(29)9-7-22;1-18(2)17-30(22-8-10-27(11-9-22)19(3)31)29-14-12-28(13-15-29)24(32)23(26)16-20-4-6-21(25)7-5-20/h6-9,20,24-25H,10-19,30H2,1-5H3,(H,31,38);4-7,18,22-23H,8-17,26H2,1-3H3/t25-;23-/m11/s1. The van der Waals surface area contributed by atoms with Crippen molar-refractivity contribution in [3.63, 3.8) is 0 Å². The van der Waals surface area contributed by atoms with E-state index >= 15 is 0 Å². The molecule has 2 atom stereocenters. The van der Waals surface area contributed by atoms with Gasteiger partial charge in [0.2, 0.25) is 29.5 Å². The molecule has 0 aliphatic carbocycles. The molecule has 5 N–H and O–H groups in total. The van der Waals surface area contributed by atoms with Crippen molar-refractivity contribution in [3.05, 3.63) is 69.7 Å². The number of likely N-dealkylation sites (tertiary alicyclic amines) is 2. The van der Waals surface area contributed by atoms with Crippen molar-refractivity contribution < 1.29 is 24.0 Å².